The monoisotopic (exact) mass is 191 g/mol. The van der Waals surface area contributed by atoms with Gasteiger partial charge in [0, 0.05) is 19.0 Å². The van der Waals surface area contributed by atoms with Gasteiger partial charge in [0.1, 0.15) is 0 Å². The van der Waals surface area contributed by atoms with E-state index >= 15 is 0 Å². The third kappa shape index (κ3) is 1.68. The Hall–Kier alpha value is -1.02. The van der Waals surface area contributed by atoms with Crippen LogP contribution < -0.4 is 0 Å². The Morgan fingerprint density at radius 3 is 3.00 bits per heavy atom. The first-order valence-corrected chi connectivity index (χ1v) is 5.79. The van der Waals surface area contributed by atoms with Crippen LogP contribution in [0.3, 0.4) is 0 Å². The average Bonchev–Trinajstić information content (AvgIpc) is 2.28. The van der Waals surface area contributed by atoms with E-state index in [1.807, 2.05) is 0 Å². The molecule has 1 unspecified atom stereocenters. The first-order chi connectivity index (χ1) is 6.27. The lowest BCUT2D eigenvalue weighted by atomic mass is 10.1. The summed E-state index contributed by atoms with van der Waals surface area (Å²) in [7, 11) is 2.16. The number of fused-ring (bicyclic) bond motifs is 1. The van der Waals surface area contributed by atoms with Crippen LogP contribution in [0.4, 0.5) is 0 Å². The highest BCUT2D eigenvalue weighted by molar-refractivity contribution is 8.11. The van der Waals surface area contributed by atoms with Gasteiger partial charge in [-0.1, -0.05) is 40.8 Å². The second kappa shape index (κ2) is 3.38. The van der Waals surface area contributed by atoms with Crippen molar-refractivity contribution < 1.29 is 0 Å². The number of rotatable bonds is 0. The van der Waals surface area contributed by atoms with Crippen molar-refractivity contribution in [3.05, 3.63) is 41.6 Å². The van der Waals surface area contributed by atoms with Crippen molar-refractivity contribution in [2.45, 2.75) is 5.75 Å². The van der Waals surface area contributed by atoms with Gasteiger partial charge in [0.2, 0.25) is 0 Å². The fourth-order valence-electron chi connectivity index (χ4n) is 1.38. The lowest BCUT2D eigenvalue weighted by Crippen LogP contribution is -2.00. The van der Waals surface area contributed by atoms with E-state index in [1.54, 1.807) is 0 Å². The van der Waals surface area contributed by atoms with Gasteiger partial charge in [0.15, 0.2) is 0 Å². The molecule has 1 aliphatic rings. The SMILES string of the molecule is C=S1Cc2ccccc2C=CN1C. The molecule has 1 nitrogen and oxygen atoms in total. The Morgan fingerprint density at radius 1 is 1.38 bits per heavy atom. The van der Waals surface area contributed by atoms with Crippen LogP contribution >= 0.6 is 10.7 Å². The molecule has 0 spiro atoms. The molecule has 0 radical (unpaired) electrons. The molecule has 0 aliphatic carbocycles. The molecule has 0 saturated heterocycles. The van der Waals surface area contributed by atoms with Gasteiger partial charge in [0.25, 0.3) is 0 Å². The molecule has 0 fully saturated rings. The zero-order chi connectivity index (χ0) is 9.26. The summed E-state index contributed by atoms with van der Waals surface area (Å²) < 4.78 is 2.18. The van der Waals surface area contributed by atoms with Crippen LogP contribution in [0.1, 0.15) is 11.1 Å². The third-order valence-corrected chi connectivity index (χ3v) is 3.83. The van der Waals surface area contributed by atoms with Crippen LogP contribution in [0.2, 0.25) is 0 Å². The molecule has 0 N–H and O–H groups in total. The first-order valence-electron chi connectivity index (χ1n) is 4.27. The van der Waals surface area contributed by atoms with Gasteiger partial charge in [-0.05, 0) is 17.2 Å². The highest BCUT2D eigenvalue weighted by Crippen LogP contribution is 2.28. The predicted octanol–water partition coefficient (Wildman–Crippen LogP) is 2.72. The van der Waals surface area contributed by atoms with Crippen molar-refractivity contribution >= 4 is 22.6 Å². The highest BCUT2D eigenvalue weighted by Gasteiger charge is 2.06. The van der Waals surface area contributed by atoms with Gasteiger partial charge in [0.05, 0.1) is 0 Å². The van der Waals surface area contributed by atoms with E-state index in [-0.39, 0.29) is 10.7 Å². The number of hydrogen-bond donors (Lipinski definition) is 0. The number of benzene rings is 1. The normalized spacial score (nSPS) is 21.0. The Balaban J connectivity index is 2.46. The predicted molar refractivity (Wildman–Crippen MR) is 61.7 cm³/mol. The molecule has 0 saturated carbocycles. The van der Waals surface area contributed by atoms with E-state index in [0.29, 0.717) is 0 Å². The standard InChI is InChI=1S/C11H13NS/c1-12-8-7-10-5-3-4-6-11(10)9-13(12)2/h3-8H,2,9H2,1H3. The molecule has 1 aromatic carbocycles. The van der Waals surface area contributed by atoms with Crippen LogP contribution in [0.5, 0.6) is 0 Å². The number of nitrogens with zero attached hydrogens (tertiary/aromatic N) is 1. The molecule has 0 amide bonds. The maximum atomic E-state index is 4.14. The summed E-state index contributed by atoms with van der Waals surface area (Å²) in [5.41, 5.74) is 2.73. The molecule has 1 aromatic rings. The minimum absolute atomic E-state index is 0.0828. The second-order valence-electron chi connectivity index (χ2n) is 3.17. The fraction of sp³-hybridized carbons (Fsp3) is 0.182. The summed E-state index contributed by atoms with van der Waals surface area (Å²) >= 11 is 0. The Labute approximate surface area is 81.8 Å². The Kier molecular flexibility index (Phi) is 2.23. The van der Waals surface area contributed by atoms with Crippen molar-refractivity contribution in [1.82, 2.24) is 4.31 Å². The Bertz CT molecular complexity index is 368. The van der Waals surface area contributed by atoms with Crippen LogP contribution in [0.25, 0.3) is 6.08 Å². The summed E-state index contributed by atoms with van der Waals surface area (Å²) in [6.45, 7) is 0. The van der Waals surface area contributed by atoms with Gasteiger partial charge >= 0.3 is 0 Å². The van der Waals surface area contributed by atoms with Gasteiger partial charge in [-0.15, -0.1) is 0 Å². The highest BCUT2D eigenvalue weighted by atomic mass is 32.2. The fourth-order valence-corrected chi connectivity index (χ4v) is 2.44. The molecular formula is C11H13NS. The van der Waals surface area contributed by atoms with Crippen molar-refractivity contribution in [2.24, 2.45) is 0 Å². The van der Waals surface area contributed by atoms with Gasteiger partial charge < -0.3 is 4.31 Å². The van der Waals surface area contributed by atoms with Gasteiger partial charge in [-0.25, -0.2) is 0 Å². The summed E-state index contributed by atoms with van der Waals surface area (Å²) in [4.78, 5) is 0. The van der Waals surface area contributed by atoms with E-state index < -0.39 is 0 Å². The van der Waals surface area contributed by atoms with Gasteiger partial charge in [-0.3, -0.25) is 0 Å². The van der Waals surface area contributed by atoms with E-state index in [4.69, 9.17) is 0 Å². The van der Waals surface area contributed by atoms with E-state index in [9.17, 15) is 0 Å². The number of hydrogen-bond acceptors (Lipinski definition) is 1. The molecule has 2 heteroatoms. The minimum atomic E-state index is 0.0828. The molecule has 2 rings (SSSR count). The van der Waals surface area contributed by atoms with Crippen molar-refractivity contribution in [3.63, 3.8) is 0 Å². The maximum Gasteiger partial charge on any atom is 0.0317 e. The molecule has 68 valence electrons. The maximum absolute atomic E-state index is 4.14. The van der Waals surface area contributed by atoms with Crippen molar-refractivity contribution in [3.8, 4) is 0 Å². The molecule has 0 bridgehead atoms. The smallest absolute Gasteiger partial charge is 0.0317 e. The average molecular weight is 191 g/mol. The van der Waals surface area contributed by atoms with E-state index in [2.05, 4.69) is 53.8 Å². The van der Waals surface area contributed by atoms with Crippen LogP contribution in [0, 0.1) is 0 Å². The molecule has 1 atom stereocenters. The lowest BCUT2D eigenvalue weighted by molar-refractivity contribution is 0.778. The zero-order valence-corrected chi connectivity index (χ0v) is 8.55. The Morgan fingerprint density at radius 2 is 2.15 bits per heavy atom. The topological polar surface area (TPSA) is 3.24 Å². The molecule has 0 aromatic heterocycles. The molecule has 1 aliphatic heterocycles. The van der Waals surface area contributed by atoms with Gasteiger partial charge in [-0.2, -0.15) is 0 Å². The minimum Gasteiger partial charge on any atom is -0.332 e. The summed E-state index contributed by atoms with van der Waals surface area (Å²) in [5.74, 6) is 5.20. The van der Waals surface area contributed by atoms with E-state index in [0.717, 1.165) is 5.75 Å². The van der Waals surface area contributed by atoms with Crippen molar-refractivity contribution in [1.29, 1.82) is 0 Å². The summed E-state index contributed by atoms with van der Waals surface area (Å²) in [5, 5.41) is 0. The van der Waals surface area contributed by atoms with Crippen LogP contribution in [-0.2, 0) is 5.75 Å². The molecule has 13 heavy (non-hydrogen) atoms. The van der Waals surface area contributed by atoms with Crippen molar-refractivity contribution in [2.75, 3.05) is 7.05 Å². The second-order valence-corrected chi connectivity index (χ2v) is 4.96. The zero-order valence-electron chi connectivity index (χ0n) is 7.73. The first kappa shape index (κ1) is 8.57. The van der Waals surface area contributed by atoms with Crippen LogP contribution in [0.15, 0.2) is 30.5 Å². The molecular weight excluding hydrogens is 178 g/mol. The largest absolute Gasteiger partial charge is 0.332 e. The van der Waals surface area contributed by atoms with E-state index in [1.165, 1.54) is 11.1 Å². The van der Waals surface area contributed by atoms with Crippen LogP contribution in [-0.4, -0.2) is 17.2 Å². The third-order valence-electron chi connectivity index (χ3n) is 2.25. The summed E-state index contributed by atoms with van der Waals surface area (Å²) in [6.07, 6.45) is 4.27. The molecule has 1 heterocycles. The lowest BCUT2D eigenvalue weighted by Gasteiger charge is -2.15. The quantitative estimate of drug-likeness (QED) is 0.570. The summed E-state index contributed by atoms with van der Waals surface area (Å²) in [6, 6.07) is 8.51.